The van der Waals surface area contributed by atoms with Gasteiger partial charge in [0.15, 0.2) is 0 Å². The van der Waals surface area contributed by atoms with E-state index in [9.17, 15) is 22.8 Å². The summed E-state index contributed by atoms with van der Waals surface area (Å²) in [5, 5.41) is 8.82. The monoisotopic (exact) mass is 276 g/mol. The molecular weight excluding hydrogens is 269 g/mol. The number of carbonyl (C=O) groups is 2. The molecule has 1 aromatic carbocycles. The van der Waals surface area contributed by atoms with E-state index in [1.165, 1.54) is 7.11 Å². The Hall–Kier alpha value is -2.09. The molecule has 1 N–H and O–H groups in total. The summed E-state index contributed by atoms with van der Waals surface area (Å²) in [6, 6.07) is 1.22. The van der Waals surface area contributed by atoms with E-state index < -0.39 is 35.5 Å². The van der Waals surface area contributed by atoms with E-state index in [1.54, 1.807) is 0 Å². The molecule has 5 nitrogen and oxygen atoms in total. The predicted molar refractivity (Wildman–Crippen MR) is 53.6 cm³/mol. The van der Waals surface area contributed by atoms with Gasteiger partial charge in [-0.2, -0.15) is 13.2 Å². The van der Waals surface area contributed by atoms with Crippen LogP contribution < -0.4 is 0 Å². The largest absolute Gasteiger partial charge is 0.478 e. The molecule has 1 aliphatic heterocycles. The summed E-state index contributed by atoms with van der Waals surface area (Å²) in [6.07, 6.45) is -6.07. The molecule has 0 bridgehead atoms. The van der Waals surface area contributed by atoms with Crippen LogP contribution in [0.5, 0.6) is 0 Å². The van der Waals surface area contributed by atoms with Crippen LogP contribution in [0.15, 0.2) is 12.1 Å². The third kappa shape index (κ3) is 2.14. The number of fused-ring (bicyclic) bond motifs is 1. The van der Waals surface area contributed by atoms with Crippen molar-refractivity contribution in [1.29, 1.82) is 0 Å². The van der Waals surface area contributed by atoms with Crippen LogP contribution in [-0.4, -0.2) is 24.2 Å². The topological polar surface area (TPSA) is 72.8 Å². The van der Waals surface area contributed by atoms with Crippen molar-refractivity contribution >= 4 is 11.9 Å². The van der Waals surface area contributed by atoms with Gasteiger partial charge in [0, 0.05) is 12.7 Å². The Morgan fingerprint density at radius 3 is 2.53 bits per heavy atom. The molecule has 0 fully saturated rings. The second kappa shape index (κ2) is 4.23. The van der Waals surface area contributed by atoms with Crippen LogP contribution in [0.3, 0.4) is 0 Å². The third-order valence-corrected chi connectivity index (χ3v) is 2.63. The highest BCUT2D eigenvalue weighted by Gasteiger charge is 2.40. The fourth-order valence-electron chi connectivity index (χ4n) is 1.80. The molecule has 19 heavy (non-hydrogen) atoms. The molecule has 1 aliphatic rings. The van der Waals surface area contributed by atoms with Gasteiger partial charge in [-0.1, -0.05) is 0 Å². The van der Waals surface area contributed by atoms with Gasteiger partial charge in [-0.15, -0.1) is 0 Å². The molecule has 1 atom stereocenters. The molecule has 0 radical (unpaired) electrons. The van der Waals surface area contributed by atoms with Gasteiger partial charge in [0.25, 0.3) is 0 Å². The molecule has 0 aliphatic carbocycles. The number of alkyl halides is 3. The first-order valence-corrected chi connectivity index (χ1v) is 4.98. The highest BCUT2D eigenvalue weighted by Crippen LogP contribution is 2.39. The van der Waals surface area contributed by atoms with Crippen molar-refractivity contribution in [3.8, 4) is 0 Å². The zero-order valence-electron chi connectivity index (χ0n) is 9.45. The second-order valence-electron chi connectivity index (χ2n) is 3.76. The Morgan fingerprint density at radius 1 is 1.42 bits per heavy atom. The number of carbonyl (C=O) groups excluding carboxylic acids is 1. The Morgan fingerprint density at radius 2 is 2.05 bits per heavy atom. The van der Waals surface area contributed by atoms with Crippen LogP contribution in [0.25, 0.3) is 0 Å². The molecule has 1 aromatic rings. The average molecular weight is 276 g/mol. The van der Waals surface area contributed by atoms with Crippen molar-refractivity contribution in [2.75, 3.05) is 7.11 Å². The minimum atomic E-state index is -4.88. The summed E-state index contributed by atoms with van der Waals surface area (Å²) in [4.78, 5) is 22.3. The summed E-state index contributed by atoms with van der Waals surface area (Å²) in [6.45, 7) is 0. The lowest BCUT2D eigenvalue weighted by Crippen LogP contribution is -2.14. The number of aromatic carboxylic acids is 1. The van der Waals surface area contributed by atoms with E-state index in [1.807, 2.05) is 0 Å². The smallest absolute Gasteiger partial charge is 0.417 e. The Labute approximate surface area is 104 Å². The van der Waals surface area contributed by atoms with E-state index in [4.69, 9.17) is 9.84 Å². The number of methoxy groups -OCH3 is 1. The number of carboxylic acids is 1. The van der Waals surface area contributed by atoms with Crippen molar-refractivity contribution in [3.05, 3.63) is 34.4 Å². The number of rotatable bonds is 2. The molecule has 0 spiro atoms. The molecule has 8 heteroatoms. The summed E-state index contributed by atoms with van der Waals surface area (Å²) in [5.41, 5.74) is -2.72. The van der Waals surface area contributed by atoms with E-state index in [2.05, 4.69) is 4.74 Å². The summed E-state index contributed by atoms with van der Waals surface area (Å²) in [7, 11) is 1.19. The van der Waals surface area contributed by atoms with Crippen LogP contribution in [0.4, 0.5) is 13.2 Å². The number of carboxylic acid groups (broad SMARTS) is 1. The van der Waals surface area contributed by atoms with Crippen LogP contribution in [0.2, 0.25) is 0 Å². The summed E-state index contributed by atoms with van der Waals surface area (Å²) < 4.78 is 47.6. The molecule has 1 heterocycles. The number of ether oxygens (including phenoxy) is 2. The minimum absolute atomic E-state index is 0.0297. The van der Waals surface area contributed by atoms with Gasteiger partial charge in [-0.3, -0.25) is 0 Å². The van der Waals surface area contributed by atoms with E-state index in [-0.39, 0.29) is 11.1 Å². The van der Waals surface area contributed by atoms with E-state index >= 15 is 0 Å². The number of halogens is 3. The first-order chi connectivity index (χ1) is 8.75. The molecule has 1 unspecified atom stereocenters. The predicted octanol–water partition coefficient (Wildman–Crippen LogP) is 2.22. The minimum Gasteiger partial charge on any atom is -0.478 e. The fraction of sp³-hybridized carbons (Fsp3) is 0.273. The highest BCUT2D eigenvalue weighted by molar-refractivity contribution is 5.97. The van der Waals surface area contributed by atoms with Gasteiger partial charge >= 0.3 is 18.1 Å². The lowest BCUT2D eigenvalue weighted by Gasteiger charge is -2.12. The number of benzene rings is 1. The van der Waals surface area contributed by atoms with Crippen LogP contribution in [0, 0.1) is 0 Å². The van der Waals surface area contributed by atoms with Crippen molar-refractivity contribution in [1.82, 2.24) is 0 Å². The Balaban J connectivity index is 2.69. The van der Waals surface area contributed by atoms with Gasteiger partial charge in [0.1, 0.15) is 0 Å². The zero-order valence-corrected chi connectivity index (χ0v) is 9.45. The van der Waals surface area contributed by atoms with Crippen LogP contribution >= 0.6 is 0 Å². The lowest BCUT2D eigenvalue weighted by molar-refractivity contribution is -0.138. The van der Waals surface area contributed by atoms with Crippen LogP contribution in [0.1, 0.15) is 38.1 Å². The van der Waals surface area contributed by atoms with E-state index in [0.29, 0.717) is 6.07 Å². The van der Waals surface area contributed by atoms with Crippen molar-refractivity contribution in [2.24, 2.45) is 0 Å². The quantitative estimate of drug-likeness (QED) is 0.838. The van der Waals surface area contributed by atoms with Crippen molar-refractivity contribution in [2.45, 2.75) is 12.5 Å². The average Bonchev–Trinajstić information content (AvgIpc) is 2.63. The maximum Gasteiger partial charge on any atom is 0.417 e. The SMILES string of the molecule is COC1OC(=O)c2cc(C(F)(F)F)c(C(=O)O)cc21. The fourth-order valence-corrected chi connectivity index (χ4v) is 1.80. The number of cyclic esters (lactones) is 1. The molecule has 0 amide bonds. The first-order valence-electron chi connectivity index (χ1n) is 4.98. The molecule has 0 saturated carbocycles. The molecule has 2 rings (SSSR count). The van der Waals surface area contributed by atoms with E-state index in [0.717, 1.165) is 6.07 Å². The normalized spacial score (nSPS) is 18.1. The first kappa shape index (κ1) is 13.3. The van der Waals surface area contributed by atoms with Gasteiger partial charge in [-0.05, 0) is 12.1 Å². The van der Waals surface area contributed by atoms with Gasteiger partial charge in [0.05, 0.1) is 16.7 Å². The summed E-state index contributed by atoms with van der Waals surface area (Å²) >= 11 is 0. The van der Waals surface area contributed by atoms with Gasteiger partial charge in [0.2, 0.25) is 6.29 Å². The second-order valence-corrected chi connectivity index (χ2v) is 3.76. The standard InChI is InChI=1S/C11H7F3O5/c1-18-10-5-2-6(8(15)16)7(11(12,13)14)3-4(5)9(17)19-10/h2-3,10H,1H3,(H,15,16). The maximum atomic E-state index is 12.7. The van der Waals surface area contributed by atoms with Gasteiger partial charge < -0.3 is 14.6 Å². The third-order valence-electron chi connectivity index (χ3n) is 2.63. The molecule has 0 saturated heterocycles. The molecule has 0 aromatic heterocycles. The number of esters is 1. The molecule has 102 valence electrons. The molecular formula is C11H7F3O5. The van der Waals surface area contributed by atoms with Crippen molar-refractivity contribution < 1.29 is 37.3 Å². The number of hydrogen-bond donors (Lipinski definition) is 1. The lowest BCUT2D eigenvalue weighted by atomic mass is 9.99. The Kier molecular flexibility index (Phi) is 2.97. The maximum absolute atomic E-state index is 12.7. The van der Waals surface area contributed by atoms with Gasteiger partial charge in [-0.25, -0.2) is 9.59 Å². The Bertz CT molecular complexity index is 564. The van der Waals surface area contributed by atoms with Crippen LogP contribution in [-0.2, 0) is 15.7 Å². The zero-order chi connectivity index (χ0) is 14.4. The highest BCUT2D eigenvalue weighted by atomic mass is 19.4. The summed E-state index contributed by atoms with van der Waals surface area (Å²) in [5.74, 6) is -2.73. The number of hydrogen-bond acceptors (Lipinski definition) is 4. The van der Waals surface area contributed by atoms with Crippen molar-refractivity contribution in [3.63, 3.8) is 0 Å².